The lowest BCUT2D eigenvalue weighted by atomic mass is 10.2. The number of rotatable bonds is 5. The van der Waals surface area contributed by atoms with Gasteiger partial charge in [0.15, 0.2) is 0 Å². The van der Waals surface area contributed by atoms with Crippen molar-refractivity contribution in [2.24, 2.45) is 0 Å². The number of aliphatic hydroxyl groups is 2. The normalized spacial score (nSPS) is 12.8. The van der Waals surface area contributed by atoms with E-state index in [1.54, 1.807) is 0 Å². The van der Waals surface area contributed by atoms with Crippen molar-refractivity contribution in [1.82, 2.24) is 5.32 Å². The first-order valence-electron chi connectivity index (χ1n) is 4.57. The van der Waals surface area contributed by atoms with E-state index in [1.807, 2.05) is 0 Å². The van der Waals surface area contributed by atoms with Crippen LogP contribution < -0.4 is 5.32 Å². The Morgan fingerprint density at radius 2 is 2.07 bits per heavy atom. The number of nitrogens with one attached hydrogen (secondary N) is 1. The molecule has 0 aliphatic rings. The quantitative estimate of drug-likeness (QED) is 0.669. The Hall–Kier alpha value is -1.04. The molecule has 0 unspecified atom stereocenters. The molecule has 3 nitrogen and oxygen atoms in total. The summed E-state index contributed by atoms with van der Waals surface area (Å²) in [7, 11) is 0. The third-order valence-corrected chi connectivity index (χ3v) is 1.91. The first-order valence-corrected chi connectivity index (χ1v) is 4.57. The van der Waals surface area contributed by atoms with Crippen LogP contribution in [-0.2, 0) is 6.54 Å². The molecule has 0 saturated carbocycles. The second-order valence-corrected chi connectivity index (χ2v) is 3.20. The molecule has 0 radical (unpaired) electrons. The summed E-state index contributed by atoms with van der Waals surface area (Å²) in [5.74, 6) is -1.00. The maximum absolute atomic E-state index is 13.1. The summed E-state index contributed by atoms with van der Waals surface area (Å²) in [5, 5.41) is 20.2. The van der Waals surface area contributed by atoms with Gasteiger partial charge >= 0.3 is 0 Å². The van der Waals surface area contributed by atoms with Crippen molar-refractivity contribution in [3.8, 4) is 0 Å². The van der Waals surface area contributed by atoms with Crippen molar-refractivity contribution in [2.45, 2.75) is 12.6 Å². The monoisotopic (exact) mass is 217 g/mol. The molecular formula is C10H13F2NO2. The smallest absolute Gasteiger partial charge is 0.127 e. The van der Waals surface area contributed by atoms with E-state index in [1.165, 1.54) is 0 Å². The molecule has 84 valence electrons. The third kappa shape index (κ3) is 3.91. The van der Waals surface area contributed by atoms with Crippen LogP contribution >= 0.6 is 0 Å². The lowest BCUT2D eigenvalue weighted by Gasteiger charge is -2.09. The van der Waals surface area contributed by atoms with E-state index in [0.717, 1.165) is 18.2 Å². The highest BCUT2D eigenvalue weighted by molar-refractivity contribution is 5.18. The Kier molecular flexibility index (Phi) is 4.61. The zero-order valence-electron chi connectivity index (χ0n) is 8.08. The van der Waals surface area contributed by atoms with Crippen molar-refractivity contribution in [3.05, 3.63) is 35.4 Å². The van der Waals surface area contributed by atoms with E-state index in [-0.39, 0.29) is 25.3 Å². The number of hydrogen-bond acceptors (Lipinski definition) is 3. The standard InChI is InChI=1S/C10H13F2NO2/c11-8-1-2-10(12)7(3-8)4-13-5-9(15)6-14/h1-3,9,13-15H,4-6H2/t9-/m0/s1. The molecular weight excluding hydrogens is 204 g/mol. The molecule has 1 aromatic carbocycles. The fraction of sp³-hybridized carbons (Fsp3) is 0.400. The Balaban J connectivity index is 2.46. The predicted octanol–water partition coefficient (Wildman–Crippen LogP) is 0.408. The van der Waals surface area contributed by atoms with Gasteiger partial charge in [0.05, 0.1) is 12.7 Å². The molecule has 5 heteroatoms. The molecule has 0 aliphatic carbocycles. The van der Waals surface area contributed by atoms with E-state index in [2.05, 4.69) is 5.32 Å². The largest absolute Gasteiger partial charge is 0.394 e. The van der Waals surface area contributed by atoms with Gasteiger partial charge in [-0.2, -0.15) is 0 Å². The molecule has 0 bridgehead atoms. The molecule has 0 heterocycles. The summed E-state index contributed by atoms with van der Waals surface area (Å²) in [6.07, 6.45) is -0.887. The first-order chi connectivity index (χ1) is 7.13. The van der Waals surface area contributed by atoms with Gasteiger partial charge < -0.3 is 15.5 Å². The lowest BCUT2D eigenvalue weighted by Crippen LogP contribution is -2.29. The van der Waals surface area contributed by atoms with Crippen LogP contribution in [0.5, 0.6) is 0 Å². The number of benzene rings is 1. The van der Waals surface area contributed by atoms with E-state index in [9.17, 15) is 8.78 Å². The molecule has 1 aromatic rings. The van der Waals surface area contributed by atoms with Crippen LogP contribution in [0.3, 0.4) is 0 Å². The van der Waals surface area contributed by atoms with Gasteiger partial charge in [-0.1, -0.05) is 0 Å². The average molecular weight is 217 g/mol. The molecule has 1 rings (SSSR count). The van der Waals surface area contributed by atoms with Crippen LogP contribution in [-0.4, -0.2) is 29.5 Å². The van der Waals surface area contributed by atoms with Crippen molar-refractivity contribution in [2.75, 3.05) is 13.2 Å². The minimum atomic E-state index is -0.887. The van der Waals surface area contributed by atoms with Crippen LogP contribution in [0.1, 0.15) is 5.56 Å². The molecule has 0 spiro atoms. The van der Waals surface area contributed by atoms with E-state index < -0.39 is 17.7 Å². The fourth-order valence-electron chi connectivity index (χ4n) is 1.12. The molecule has 15 heavy (non-hydrogen) atoms. The van der Waals surface area contributed by atoms with Gasteiger partial charge in [0, 0.05) is 18.7 Å². The van der Waals surface area contributed by atoms with Gasteiger partial charge in [-0.25, -0.2) is 8.78 Å². The van der Waals surface area contributed by atoms with E-state index in [0.29, 0.717) is 0 Å². The molecule has 3 N–H and O–H groups in total. The van der Waals surface area contributed by atoms with Crippen LogP contribution in [0.25, 0.3) is 0 Å². The summed E-state index contributed by atoms with van der Waals surface area (Å²) < 4.78 is 25.8. The minimum Gasteiger partial charge on any atom is -0.394 e. The highest BCUT2D eigenvalue weighted by atomic mass is 19.1. The summed E-state index contributed by atoms with van der Waals surface area (Å²) >= 11 is 0. The van der Waals surface area contributed by atoms with Crippen LogP contribution in [0, 0.1) is 11.6 Å². The SMILES string of the molecule is OC[C@@H](O)CNCc1cc(F)ccc1F. The van der Waals surface area contributed by atoms with Gasteiger partial charge in [0.25, 0.3) is 0 Å². The van der Waals surface area contributed by atoms with Crippen LogP contribution in [0.15, 0.2) is 18.2 Å². The molecule has 0 saturated heterocycles. The van der Waals surface area contributed by atoms with Gasteiger partial charge in [0.1, 0.15) is 11.6 Å². The van der Waals surface area contributed by atoms with Crippen molar-refractivity contribution >= 4 is 0 Å². The van der Waals surface area contributed by atoms with Crippen LogP contribution in [0.4, 0.5) is 8.78 Å². The fourth-order valence-corrected chi connectivity index (χ4v) is 1.12. The summed E-state index contributed by atoms with van der Waals surface area (Å²) in [4.78, 5) is 0. The van der Waals surface area contributed by atoms with Crippen molar-refractivity contribution < 1.29 is 19.0 Å². The van der Waals surface area contributed by atoms with Gasteiger partial charge in [0.2, 0.25) is 0 Å². The zero-order chi connectivity index (χ0) is 11.3. The Morgan fingerprint density at radius 3 is 2.73 bits per heavy atom. The zero-order valence-corrected chi connectivity index (χ0v) is 8.08. The Bertz CT molecular complexity index is 320. The maximum Gasteiger partial charge on any atom is 0.127 e. The first kappa shape index (κ1) is 12.0. The predicted molar refractivity (Wildman–Crippen MR) is 51.2 cm³/mol. The second-order valence-electron chi connectivity index (χ2n) is 3.20. The number of aliphatic hydroxyl groups excluding tert-OH is 2. The molecule has 0 aliphatic heterocycles. The molecule has 0 fully saturated rings. The average Bonchev–Trinajstić information content (AvgIpc) is 2.23. The van der Waals surface area contributed by atoms with Crippen molar-refractivity contribution in [1.29, 1.82) is 0 Å². The second kappa shape index (κ2) is 5.75. The highest BCUT2D eigenvalue weighted by Crippen LogP contribution is 2.08. The van der Waals surface area contributed by atoms with E-state index >= 15 is 0 Å². The number of halogens is 2. The van der Waals surface area contributed by atoms with Gasteiger partial charge in [-0.15, -0.1) is 0 Å². The topological polar surface area (TPSA) is 52.5 Å². The summed E-state index contributed by atoms with van der Waals surface area (Å²) in [6.45, 7) is -0.119. The van der Waals surface area contributed by atoms with Gasteiger partial charge in [-0.05, 0) is 18.2 Å². The minimum absolute atomic E-state index is 0.112. The lowest BCUT2D eigenvalue weighted by molar-refractivity contribution is 0.0941. The summed E-state index contributed by atoms with van der Waals surface area (Å²) in [5.41, 5.74) is 0.195. The van der Waals surface area contributed by atoms with Crippen LogP contribution in [0.2, 0.25) is 0 Å². The van der Waals surface area contributed by atoms with Crippen molar-refractivity contribution in [3.63, 3.8) is 0 Å². The molecule has 1 atom stereocenters. The Morgan fingerprint density at radius 1 is 1.33 bits per heavy atom. The Labute approximate surface area is 86.4 Å². The molecule has 0 amide bonds. The van der Waals surface area contributed by atoms with E-state index in [4.69, 9.17) is 10.2 Å². The summed E-state index contributed by atoms with van der Waals surface area (Å²) in [6, 6.07) is 3.18. The number of hydrogen-bond donors (Lipinski definition) is 3. The molecule has 0 aromatic heterocycles. The van der Waals surface area contributed by atoms with Gasteiger partial charge in [-0.3, -0.25) is 0 Å². The third-order valence-electron chi connectivity index (χ3n) is 1.91. The highest BCUT2D eigenvalue weighted by Gasteiger charge is 2.05. The maximum atomic E-state index is 13.1.